The zero-order chi connectivity index (χ0) is 11.8. The van der Waals surface area contributed by atoms with E-state index in [1.54, 1.807) is 0 Å². The van der Waals surface area contributed by atoms with Crippen molar-refractivity contribution in [3.8, 4) is 0 Å². The molecule has 0 aromatic rings. The van der Waals surface area contributed by atoms with Crippen LogP contribution in [0, 0.1) is 5.92 Å². The molecule has 0 heterocycles. The van der Waals surface area contributed by atoms with Gasteiger partial charge in [-0.1, -0.05) is 39.0 Å². The van der Waals surface area contributed by atoms with E-state index in [9.17, 15) is 0 Å². The Kier molecular flexibility index (Phi) is 7.06. The summed E-state index contributed by atoms with van der Waals surface area (Å²) in [5.74, 6) is 0.874. The molecule has 0 bridgehead atoms. The summed E-state index contributed by atoms with van der Waals surface area (Å²) in [7, 11) is 2.19. The Morgan fingerprint density at radius 2 is 1.94 bits per heavy atom. The minimum absolute atomic E-state index is 0.299. The summed E-state index contributed by atoms with van der Waals surface area (Å²) in [5.41, 5.74) is 0. The molecule has 0 aromatic heterocycles. The van der Waals surface area contributed by atoms with Crippen molar-refractivity contribution in [2.24, 2.45) is 5.92 Å². The van der Waals surface area contributed by atoms with Gasteiger partial charge in [0.25, 0.3) is 0 Å². The Labute approximate surface area is 101 Å². The topological polar surface area (TPSA) is 23.5 Å². The molecular weight excluding hydrogens is 198 g/mol. The molecule has 0 saturated heterocycles. The highest BCUT2D eigenvalue weighted by Crippen LogP contribution is 2.30. The van der Waals surface area contributed by atoms with Crippen LogP contribution in [0.25, 0.3) is 0 Å². The molecule has 16 heavy (non-hydrogen) atoms. The van der Waals surface area contributed by atoms with Gasteiger partial charge in [0.1, 0.15) is 0 Å². The average Bonchev–Trinajstić information content (AvgIpc) is 2.51. The van der Waals surface area contributed by atoms with E-state index in [0.717, 1.165) is 18.5 Å². The number of likely N-dealkylation sites (N-methyl/N-ethyl adjacent to an activating group) is 1. The van der Waals surface area contributed by atoms with Gasteiger partial charge in [-0.15, -0.1) is 0 Å². The number of rotatable bonds is 6. The number of hydrogen-bond donors (Lipinski definition) is 1. The maximum atomic E-state index is 9.06. The molecule has 96 valence electrons. The minimum atomic E-state index is 0.299. The monoisotopic (exact) mass is 227 g/mol. The van der Waals surface area contributed by atoms with Crippen LogP contribution in [0.15, 0.2) is 0 Å². The normalized spacial score (nSPS) is 27.0. The van der Waals surface area contributed by atoms with Crippen LogP contribution < -0.4 is 0 Å². The molecule has 0 amide bonds. The third-order valence-corrected chi connectivity index (χ3v) is 4.07. The zero-order valence-electron chi connectivity index (χ0n) is 11.1. The minimum Gasteiger partial charge on any atom is -0.395 e. The largest absolute Gasteiger partial charge is 0.395 e. The molecular formula is C14H29NO. The molecule has 1 N–H and O–H groups in total. The summed E-state index contributed by atoms with van der Waals surface area (Å²) in [6.07, 6.45) is 11.0. The third kappa shape index (κ3) is 4.42. The van der Waals surface area contributed by atoms with Gasteiger partial charge in [-0.2, -0.15) is 0 Å². The van der Waals surface area contributed by atoms with Crippen LogP contribution >= 0.6 is 0 Å². The van der Waals surface area contributed by atoms with Crippen molar-refractivity contribution in [2.75, 3.05) is 20.2 Å². The number of aliphatic hydroxyl groups excluding tert-OH is 1. The predicted octanol–water partition coefficient (Wildman–Crippen LogP) is 3.05. The van der Waals surface area contributed by atoms with Crippen molar-refractivity contribution in [3.05, 3.63) is 0 Å². The van der Waals surface area contributed by atoms with Crippen LogP contribution in [-0.2, 0) is 0 Å². The van der Waals surface area contributed by atoms with Gasteiger partial charge in [-0.3, -0.25) is 0 Å². The molecule has 1 aliphatic carbocycles. The summed E-state index contributed by atoms with van der Waals surface area (Å²) in [5, 5.41) is 9.06. The third-order valence-electron chi connectivity index (χ3n) is 4.07. The van der Waals surface area contributed by atoms with Gasteiger partial charge in [0, 0.05) is 12.6 Å². The maximum Gasteiger partial charge on any atom is 0.0558 e. The Bertz CT molecular complexity index is 172. The lowest BCUT2D eigenvalue weighted by atomic mass is 9.89. The maximum absolute atomic E-state index is 9.06. The lowest BCUT2D eigenvalue weighted by Crippen LogP contribution is -2.39. The van der Waals surface area contributed by atoms with E-state index in [2.05, 4.69) is 18.9 Å². The van der Waals surface area contributed by atoms with Gasteiger partial charge in [-0.05, 0) is 32.2 Å². The van der Waals surface area contributed by atoms with Crippen LogP contribution in [0.5, 0.6) is 0 Å². The molecule has 2 unspecified atom stereocenters. The average molecular weight is 227 g/mol. The summed E-state index contributed by atoms with van der Waals surface area (Å²) in [6, 6.07) is 0.723. The first-order chi connectivity index (χ1) is 7.79. The molecule has 2 atom stereocenters. The highest BCUT2D eigenvalue weighted by atomic mass is 16.3. The van der Waals surface area contributed by atoms with Crippen molar-refractivity contribution in [1.82, 2.24) is 4.90 Å². The predicted molar refractivity (Wildman–Crippen MR) is 69.6 cm³/mol. The summed E-state index contributed by atoms with van der Waals surface area (Å²) in [4.78, 5) is 2.39. The molecule has 1 saturated carbocycles. The van der Waals surface area contributed by atoms with E-state index in [-0.39, 0.29) is 0 Å². The highest BCUT2D eigenvalue weighted by molar-refractivity contribution is 4.80. The first-order valence-electron chi connectivity index (χ1n) is 7.10. The number of unbranched alkanes of at least 4 members (excludes halogenated alkanes) is 1. The molecule has 2 nitrogen and oxygen atoms in total. The van der Waals surface area contributed by atoms with Crippen LogP contribution in [0.3, 0.4) is 0 Å². The Balaban J connectivity index is 2.50. The molecule has 0 spiro atoms. The van der Waals surface area contributed by atoms with E-state index >= 15 is 0 Å². The van der Waals surface area contributed by atoms with Crippen molar-refractivity contribution < 1.29 is 5.11 Å². The molecule has 1 aliphatic rings. The molecule has 1 fully saturated rings. The number of hydrogen-bond acceptors (Lipinski definition) is 2. The number of nitrogens with zero attached hydrogens (tertiary/aromatic N) is 1. The quantitative estimate of drug-likeness (QED) is 0.705. The number of aliphatic hydroxyl groups is 1. The van der Waals surface area contributed by atoms with E-state index < -0.39 is 0 Å². The SMILES string of the molecule is CCCCC1CCCCCC1N(C)CCO. The smallest absolute Gasteiger partial charge is 0.0558 e. The standard InChI is InChI=1S/C14H29NO/c1-3-4-8-13-9-6-5-7-10-14(13)15(2)11-12-16/h13-14,16H,3-12H2,1-2H3. The molecule has 0 aromatic carbocycles. The van der Waals surface area contributed by atoms with Crippen LogP contribution in [0.2, 0.25) is 0 Å². The summed E-state index contributed by atoms with van der Waals surface area (Å²) < 4.78 is 0. The second-order valence-electron chi connectivity index (χ2n) is 5.31. The second kappa shape index (κ2) is 8.08. The van der Waals surface area contributed by atoms with E-state index in [4.69, 9.17) is 5.11 Å². The van der Waals surface area contributed by atoms with Gasteiger partial charge >= 0.3 is 0 Å². The van der Waals surface area contributed by atoms with Crippen molar-refractivity contribution in [2.45, 2.75) is 64.3 Å². The molecule has 1 rings (SSSR count). The van der Waals surface area contributed by atoms with Gasteiger partial charge < -0.3 is 10.0 Å². The fourth-order valence-corrected chi connectivity index (χ4v) is 3.07. The van der Waals surface area contributed by atoms with Crippen molar-refractivity contribution >= 4 is 0 Å². The summed E-state index contributed by atoms with van der Waals surface area (Å²) >= 11 is 0. The van der Waals surface area contributed by atoms with E-state index in [0.29, 0.717) is 6.61 Å². The fraction of sp³-hybridized carbons (Fsp3) is 1.00. The van der Waals surface area contributed by atoms with Crippen LogP contribution in [0.1, 0.15) is 58.3 Å². The highest BCUT2D eigenvalue weighted by Gasteiger charge is 2.25. The Morgan fingerprint density at radius 1 is 1.19 bits per heavy atom. The van der Waals surface area contributed by atoms with Gasteiger partial charge in [0.2, 0.25) is 0 Å². The zero-order valence-corrected chi connectivity index (χ0v) is 11.1. The molecule has 2 heteroatoms. The lowest BCUT2D eigenvalue weighted by molar-refractivity contribution is 0.127. The van der Waals surface area contributed by atoms with E-state index in [1.807, 2.05) is 0 Å². The summed E-state index contributed by atoms with van der Waals surface area (Å²) in [6.45, 7) is 3.42. The molecule has 0 aliphatic heterocycles. The fourth-order valence-electron chi connectivity index (χ4n) is 3.07. The lowest BCUT2D eigenvalue weighted by Gasteiger charge is -2.33. The van der Waals surface area contributed by atoms with Gasteiger partial charge in [0.15, 0.2) is 0 Å². The van der Waals surface area contributed by atoms with Crippen molar-refractivity contribution in [1.29, 1.82) is 0 Å². The first-order valence-corrected chi connectivity index (χ1v) is 7.10. The van der Waals surface area contributed by atoms with E-state index in [1.165, 1.54) is 51.4 Å². The molecule has 0 radical (unpaired) electrons. The van der Waals surface area contributed by atoms with Crippen LogP contribution in [-0.4, -0.2) is 36.2 Å². The first kappa shape index (κ1) is 14.0. The van der Waals surface area contributed by atoms with Gasteiger partial charge in [-0.25, -0.2) is 0 Å². The Hall–Kier alpha value is -0.0800. The van der Waals surface area contributed by atoms with Crippen molar-refractivity contribution in [3.63, 3.8) is 0 Å². The Morgan fingerprint density at radius 3 is 2.62 bits per heavy atom. The van der Waals surface area contributed by atoms with Gasteiger partial charge in [0.05, 0.1) is 6.61 Å². The van der Waals surface area contributed by atoms with Crippen LogP contribution in [0.4, 0.5) is 0 Å². The second-order valence-corrected chi connectivity index (χ2v) is 5.31.